The van der Waals surface area contributed by atoms with Crippen LogP contribution in [-0.4, -0.2) is 52.5 Å². The number of nitrogens with zero attached hydrogens (tertiary/aromatic N) is 3. The highest BCUT2D eigenvalue weighted by molar-refractivity contribution is 5.76. The second-order valence-corrected chi connectivity index (χ2v) is 11.4. The summed E-state index contributed by atoms with van der Waals surface area (Å²) in [6.45, 7) is 7.71. The van der Waals surface area contributed by atoms with E-state index < -0.39 is 0 Å². The van der Waals surface area contributed by atoms with Crippen LogP contribution in [0.5, 0.6) is 0 Å². The van der Waals surface area contributed by atoms with Crippen LogP contribution in [0, 0.1) is 11.7 Å². The van der Waals surface area contributed by atoms with Crippen LogP contribution >= 0.6 is 0 Å². The summed E-state index contributed by atoms with van der Waals surface area (Å²) in [4.78, 5) is 32.1. The number of fused-ring (bicyclic) bond motifs is 1. The molecule has 3 aromatic carbocycles. The maximum absolute atomic E-state index is 14.2. The van der Waals surface area contributed by atoms with Crippen LogP contribution in [0.4, 0.5) is 19.7 Å². The number of hydrogen-bond donors (Lipinski definition) is 1. The summed E-state index contributed by atoms with van der Waals surface area (Å²) in [6.07, 6.45) is 0.941. The van der Waals surface area contributed by atoms with Gasteiger partial charge in [-0.1, -0.05) is 62.4 Å². The number of likely N-dealkylation sites (tertiary alicyclic amines) is 1. The van der Waals surface area contributed by atoms with Gasteiger partial charge in [0, 0.05) is 51.0 Å². The van der Waals surface area contributed by atoms with Crippen molar-refractivity contribution in [3.05, 3.63) is 101 Å². The minimum absolute atomic E-state index is 0.0556. The van der Waals surface area contributed by atoms with Gasteiger partial charge in [-0.15, -0.1) is 0 Å². The van der Waals surface area contributed by atoms with Crippen molar-refractivity contribution in [1.82, 2.24) is 14.7 Å². The monoisotopic (exact) mass is 558 g/mol. The van der Waals surface area contributed by atoms with Crippen molar-refractivity contribution in [1.29, 1.82) is 0 Å². The van der Waals surface area contributed by atoms with E-state index >= 15 is 0 Å². The van der Waals surface area contributed by atoms with Gasteiger partial charge in [0.25, 0.3) is 0 Å². The highest BCUT2D eigenvalue weighted by Gasteiger charge is 2.35. The lowest BCUT2D eigenvalue weighted by Gasteiger charge is -2.39. The number of urea groups is 1. The van der Waals surface area contributed by atoms with Gasteiger partial charge < -0.3 is 24.8 Å². The van der Waals surface area contributed by atoms with Crippen molar-refractivity contribution < 1.29 is 18.7 Å². The average molecular weight is 559 g/mol. The van der Waals surface area contributed by atoms with Gasteiger partial charge in [-0.25, -0.2) is 14.0 Å². The molecule has 1 fully saturated rings. The summed E-state index contributed by atoms with van der Waals surface area (Å²) < 4.78 is 19.8. The molecular weight excluding hydrogens is 519 g/mol. The maximum atomic E-state index is 14.2. The molecule has 1 saturated heterocycles. The summed E-state index contributed by atoms with van der Waals surface area (Å²) in [7, 11) is 0. The Morgan fingerprint density at radius 2 is 1.68 bits per heavy atom. The molecular formula is C33H39FN4O3. The van der Waals surface area contributed by atoms with Gasteiger partial charge >= 0.3 is 12.1 Å². The Kier molecular flexibility index (Phi) is 9.07. The number of rotatable bonds is 8. The van der Waals surface area contributed by atoms with E-state index in [0.29, 0.717) is 51.5 Å². The summed E-state index contributed by atoms with van der Waals surface area (Å²) in [5.74, 6) is 0.247. The molecule has 41 heavy (non-hydrogen) atoms. The second kappa shape index (κ2) is 13.1. The first kappa shape index (κ1) is 28.5. The molecule has 0 radical (unpaired) electrons. The number of carbonyl (C=O) groups is 2. The molecule has 0 aromatic heterocycles. The third kappa shape index (κ3) is 7.37. The zero-order valence-corrected chi connectivity index (χ0v) is 23.9. The van der Waals surface area contributed by atoms with Crippen molar-refractivity contribution >= 4 is 17.8 Å². The number of benzene rings is 3. The van der Waals surface area contributed by atoms with Crippen LogP contribution in [0.25, 0.3) is 0 Å². The number of amides is 3. The van der Waals surface area contributed by atoms with Gasteiger partial charge in [-0.05, 0) is 65.3 Å². The molecule has 0 bridgehead atoms. The Morgan fingerprint density at radius 1 is 0.951 bits per heavy atom. The number of hydrogen-bond acceptors (Lipinski definition) is 4. The minimum atomic E-state index is -0.338. The van der Waals surface area contributed by atoms with Crippen LogP contribution < -0.4 is 5.32 Å². The molecule has 8 heteroatoms. The van der Waals surface area contributed by atoms with Crippen molar-refractivity contribution in [3.8, 4) is 0 Å². The molecule has 0 spiro atoms. The Bertz CT molecular complexity index is 1320. The first-order valence-corrected chi connectivity index (χ1v) is 14.5. The predicted octanol–water partition coefficient (Wildman–Crippen LogP) is 6.63. The molecule has 0 unspecified atom stereocenters. The van der Waals surface area contributed by atoms with E-state index in [2.05, 4.69) is 31.3 Å². The molecule has 7 nitrogen and oxygen atoms in total. The molecule has 216 valence electrons. The number of halogens is 1. The molecule has 2 aliphatic rings. The Hall–Kier alpha value is -4.07. The normalized spacial score (nSPS) is 16.0. The van der Waals surface area contributed by atoms with Crippen LogP contribution in [-0.2, 0) is 31.0 Å². The second-order valence-electron chi connectivity index (χ2n) is 11.4. The van der Waals surface area contributed by atoms with Crippen LogP contribution in [0.2, 0.25) is 0 Å². The van der Waals surface area contributed by atoms with Gasteiger partial charge in [0.15, 0.2) is 0 Å². The first-order chi connectivity index (χ1) is 19.9. The van der Waals surface area contributed by atoms with Crippen LogP contribution in [0.1, 0.15) is 48.9 Å². The van der Waals surface area contributed by atoms with E-state index in [-0.39, 0.29) is 30.6 Å². The first-order valence-electron chi connectivity index (χ1n) is 14.5. The zero-order chi connectivity index (χ0) is 28.8. The molecule has 0 saturated carbocycles. The van der Waals surface area contributed by atoms with Gasteiger partial charge in [-0.2, -0.15) is 0 Å². The molecule has 0 aliphatic carbocycles. The lowest BCUT2D eigenvalue weighted by Crippen LogP contribution is -2.51. The maximum Gasteiger partial charge on any atom is 0.410 e. The van der Waals surface area contributed by atoms with Crippen molar-refractivity contribution in [2.45, 2.75) is 59.0 Å². The van der Waals surface area contributed by atoms with Crippen LogP contribution in [0.3, 0.4) is 0 Å². The number of carbonyl (C=O) groups excluding carboxylic acids is 2. The van der Waals surface area contributed by atoms with Crippen molar-refractivity contribution in [2.75, 3.05) is 25.0 Å². The van der Waals surface area contributed by atoms with E-state index in [0.717, 1.165) is 34.5 Å². The summed E-state index contributed by atoms with van der Waals surface area (Å²) in [6, 6.07) is 22.5. The lowest BCUT2D eigenvalue weighted by atomic mass is 10.0. The largest absolute Gasteiger partial charge is 0.445 e. The highest BCUT2D eigenvalue weighted by Crippen LogP contribution is 2.28. The fourth-order valence-corrected chi connectivity index (χ4v) is 5.45. The van der Waals surface area contributed by atoms with E-state index in [9.17, 15) is 14.0 Å². The molecule has 5 rings (SSSR count). The standard InChI is InChI=1S/C33H39FN4O3/c1-24(2)19-35-30-12-8-25(9-13-30)20-37-21-27-10-11-29(34)18-28(27)22-38(32(37)39)31-14-16-36(17-15-31)33(40)41-23-26-6-4-3-5-7-26/h3-13,18,24,31,35H,14-17,19-23H2,1-2H3. The third-order valence-corrected chi connectivity index (χ3v) is 7.80. The summed E-state index contributed by atoms with van der Waals surface area (Å²) in [5.41, 5.74) is 4.83. The van der Waals surface area contributed by atoms with Crippen molar-refractivity contribution in [3.63, 3.8) is 0 Å². The van der Waals surface area contributed by atoms with Crippen LogP contribution in [0.15, 0.2) is 72.8 Å². The van der Waals surface area contributed by atoms with E-state index in [1.807, 2.05) is 52.3 Å². The van der Waals surface area contributed by atoms with Gasteiger partial charge in [0.2, 0.25) is 0 Å². The van der Waals surface area contributed by atoms with Crippen molar-refractivity contribution in [2.24, 2.45) is 5.92 Å². The number of anilines is 1. The Morgan fingerprint density at radius 3 is 2.39 bits per heavy atom. The van der Waals surface area contributed by atoms with E-state index in [1.165, 1.54) is 6.07 Å². The predicted molar refractivity (Wildman–Crippen MR) is 158 cm³/mol. The molecule has 3 amide bonds. The average Bonchev–Trinajstić information content (AvgIpc) is 3.12. The minimum Gasteiger partial charge on any atom is -0.445 e. The number of ether oxygens (including phenoxy) is 1. The third-order valence-electron chi connectivity index (χ3n) is 7.80. The number of piperidine rings is 1. The SMILES string of the molecule is CC(C)CNc1ccc(CN2Cc3ccc(F)cc3CN(C3CCN(C(=O)OCc4ccccc4)CC3)C2=O)cc1. The quantitative estimate of drug-likeness (QED) is 0.337. The van der Waals surface area contributed by atoms with Gasteiger partial charge in [-0.3, -0.25) is 0 Å². The molecule has 0 atom stereocenters. The lowest BCUT2D eigenvalue weighted by molar-refractivity contribution is 0.0674. The Labute approximate surface area is 241 Å². The van der Waals surface area contributed by atoms with E-state index in [1.54, 1.807) is 17.0 Å². The molecule has 2 aliphatic heterocycles. The van der Waals surface area contributed by atoms with Gasteiger partial charge in [0.05, 0.1) is 0 Å². The molecule has 3 aromatic rings. The fourth-order valence-electron chi connectivity index (χ4n) is 5.45. The topological polar surface area (TPSA) is 65.1 Å². The zero-order valence-electron chi connectivity index (χ0n) is 23.9. The Balaban J connectivity index is 1.25. The molecule has 2 heterocycles. The van der Waals surface area contributed by atoms with E-state index in [4.69, 9.17) is 4.74 Å². The highest BCUT2D eigenvalue weighted by atomic mass is 19.1. The smallest absolute Gasteiger partial charge is 0.410 e. The summed E-state index contributed by atoms with van der Waals surface area (Å²) >= 11 is 0. The fraction of sp³-hybridized carbons (Fsp3) is 0.394. The number of nitrogens with one attached hydrogen (secondary N) is 1. The summed E-state index contributed by atoms with van der Waals surface area (Å²) in [5, 5.41) is 3.43. The van der Waals surface area contributed by atoms with Gasteiger partial charge in [0.1, 0.15) is 12.4 Å². The molecule has 1 N–H and O–H groups in total.